The summed E-state index contributed by atoms with van der Waals surface area (Å²) in [6.07, 6.45) is 7.78. The third-order valence-electron chi connectivity index (χ3n) is 16.9. The molecule has 15 nitrogen and oxygen atoms in total. The van der Waals surface area contributed by atoms with Crippen LogP contribution in [0, 0.1) is 6.92 Å². The van der Waals surface area contributed by atoms with Gasteiger partial charge in [0.05, 0.1) is 128 Å². The Morgan fingerprint density at radius 3 is 1.35 bits per heavy atom. The minimum atomic E-state index is 0.403. The first-order valence-electron chi connectivity index (χ1n) is 33.0. The van der Waals surface area contributed by atoms with E-state index in [0.29, 0.717) is 91.5 Å². The summed E-state index contributed by atoms with van der Waals surface area (Å²) in [6.45, 7) is 7.83. The fraction of sp³-hybridized carbons (Fsp3) is 0.222. The molecule has 22 rings (SSSR count). The third-order valence-corrected chi connectivity index (χ3v) is 16.9. The average Bonchev–Trinajstić information content (AvgIpc) is 0.783. The van der Waals surface area contributed by atoms with Crippen LogP contribution in [-0.4, -0.2) is 114 Å². The number of benzene rings is 6. The molecule has 7 aromatic heterocycles. The second-order valence-electron chi connectivity index (χ2n) is 23.7. The molecule has 0 radical (unpaired) electrons. The number of rotatable bonds is 19. The van der Waals surface area contributed by atoms with Crippen LogP contribution < -0.4 is 18.9 Å². The molecule has 0 saturated heterocycles. The van der Waals surface area contributed by atoms with Gasteiger partial charge in [-0.1, -0.05) is 96.6 Å². The van der Waals surface area contributed by atoms with Crippen molar-refractivity contribution >= 4 is 43.6 Å². The Hall–Kier alpha value is -10.6. The van der Waals surface area contributed by atoms with Crippen LogP contribution in [0.2, 0.25) is 0 Å². The Labute approximate surface area is 558 Å². The monoisotopic (exact) mass is 1270 g/mol. The Kier molecular flexibility index (Phi) is 20.1. The van der Waals surface area contributed by atoms with Crippen LogP contribution in [0.4, 0.5) is 0 Å². The summed E-state index contributed by atoms with van der Waals surface area (Å²) < 4.78 is 47.4. The first-order valence-corrected chi connectivity index (χ1v) is 33.0. The quantitative estimate of drug-likeness (QED) is 0.0554. The molecule has 13 aromatic rings. The summed E-state index contributed by atoms with van der Waals surface area (Å²) in [6, 6.07) is 70.2. The lowest BCUT2D eigenvalue weighted by atomic mass is 10.0. The highest BCUT2D eigenvalue weighted by Gasteiger charge is 2.17. The van der Waals surface area contributed by atoms with Gasteiger partial charge in [-0.05, 0) is 165 Å². The summed E-state index contributed by atoms with van der Waals surface area (Å²) in [5.41, 5.74) is 17.1. The van der Waals surface area contributed by atoms with Gasteiger partial charge in [0.15, 0.2) is 0 Å². The van der Waals surface area contributed by atoms with Crippen LogP contribution >= 0.6 is 0 Å². The number of ether oxygens (including phenoxy) is 8. The topological polar surface area (TPSA) is 164 Å². The molecule has 0 atom stereocenters. The second kappa shape index (κ2) is 30.7. The summed E-state index contributed by atoms with van der Waals surface area (Å²) >= 11 is 0. The number of pyridine rings is 7. The van der Waals surface area contributed by atoms with Gasteiger partial charge < -0.3 is 37.9 Å². The molecule has 0 unspecified atom stereocenters. The van der Waals surface area contributed by atoms with E-state index >= 15 is 0 Å². The van der Waals surface area contributed by atoms with Crippen molar-refractivity contribution in [3.63, 3.8) is 0 Å². The number of aryl methyl sites for hydroxylation is 3. The number of nitrogens with zero attached hydrogens (tertiary/aromatic N) is 7. The Morgan fingerprint density at radius 1 is 0.354 bits per heavy atom. The van der Waals surface area contributed by atoms with Crippen molar-refractivity contribution in [3.8, 4) is 79.5 Å². The number of hydrogen-bond acceptors (Lipinski definition) is 15. The Morgan fingerprint density at radius 2 is 0.802 bits per heavy atom. The summed E-state index contributed by atoms with van der Waals surface area (Å²) in [4.78, 5) is 36.0. The lowest BCUT2D eigenvalue weighted by Gasteiger charge is -2.15. The second-order valence-corrected chi connectivity index (χ2v) is 23.7. The van der Waals surface area contributed by atoms with E-state index in [4.69, 9.17) is 72.8 Å². The molecule has 96 heavy (non-hydrogen) atoms. The predicted octanol–water partition coefficient (Wildman–Crippen LogP) is 16.2. The van der Waals surface area contributed by atoms with Crippen molar-refractivity contribution in [1.82, 2.24) is 34.9 Å². The van der Waals surface area contributed by atoms with E-state index in [-0.39, 0.29) is 0 Å². The van der Waals surface area contributed by atoms with Gasteiger partial charge >= 0.3 is 0 Å². The van der Waals surface area contributed by atoms with Crippen molar-refractivity contribution in [2.24, 2.45) is 0 Å². The fourth-order valence-corrected chi connectivity index (χ4v) is 11.7. The van der Waals surface area contributed by atoms with E-state index in [0.717, 1.165) is 165 Å². The first-order chi connectivity index (χ1) is 47.4. The van der Waals surface area contributed by atoms with Gasteiger partial charge in [-0.3, -0.25) is 15.0 Å². The maximum absolute atomic E-state index is 6.78. The molecule has 9 aliphatic heterocycles. The van der Waals surface area contributed by atoms with E-state index in [9.17, 15) is 0 Å². The van der Waals surface area contributed by atoms with E-state index < -0.39 is 0 Å². The van der Waals surface area contributed by atoms with Crippen LogP contribution in [0.5, 0.6) is 23.0 Å². The van der Waals surface area contributed by atoms with Gasteiger partial charge in [-0.25, -0.2) is 19.9 Å². The van der Waals surface area contributed by atoms with Crippen LogP contribution in [0.15, 0.2) is 219 Å². The molecule has 9 aliphatic rings. The third kappa shape index (κ3) is 15.8. The molecule has 0 saturated carbocycles. The van der Waals surface area contributed by atoms with Crippen LogP contribution in [0.3, 0.4) is 0 Å². The highest BCUT2D eigenvalue weighted by molar-refractivity contribution is 6.05. The molecule has 0 amide bonds. The van der Waals surface area contributed by atoms with Crippen molar-refractivity contribution < 1.29 is 37.9 Å². The van der Waals surface area contributed by atoms with Gasteiger partial charge in [0.25, 0.3) is 0 Å². The molecule has 15 heteroatoms. The minimum absolute atomic E-state index is 0.403. The lowest BCUT2D eigenvalue weighted by molar-refractivity contribution is -0.00698. The summed E-state index contributed by atoms with van der Waals surface area (Å²) in [7, 11) is 0. The van der Waals surface area contributed by atoms with Crippen molar-refractivity contribution in [3.05, 3.63) is 247 Å². The SMILES string of the molecule is Cc1ccc(OCCOCCOCCOCCOCCOc2ccc(-c3ccc4ccc5ccc(-c6cc7ccc6OCCCc6ccc(nc6)-c6cccc(n6)-c6ccc(cn6)CCCOc6ccc(cc6)Cc6ccc8ccc9ccc-7nc9c8n6)nc5c4n3)cc2)cc1. The molecular formula is C81H73N7O8. The molecule has 0 N–H and O–H groups in total. The smallest absolute Gasteiger partial charge is 0.128 e. The van der Waals surface area contributed by atoms with Crippen LogP contribution in [-0.2, 0) is 38.2 Å². The fourth-order valence-electron chi connectivity index (χ4n) is 11.7. The van der Waals surface area contributed by atoms with Gasteiger partial charge in [-0.15, -0.1) is 0 Å². The van der Waals surface area contributed by atoms with Crippen molar-refractivity contribution in [2.75, 3.05) is 79.3 Å². The van der Waals surface area contributed by atoms with Crippen LogP contribution in [0.1, 0.15) is 40.8 Å². The largest absolute Gasteiger partial charge is 0.494 e. The molecular weight excluding hydrogens is 1200 g/mol. The maximum Gasteiger partial charge on any atom is 0.128 e. The predicted molar refractivity (Wildman–Crippen MR) is 377 cm³/mol. The normalized spacial score (nSPS) is 12.7. The summed E-state index contributed by atoms with van der Waals surface area (Å²) in [5, 5.41) is 3.99. The highest BCUT2D eigenvalue weighted by Crippen LogP contribution is 2.37. The molecule has 0 aliphatic carbocycles. The van der Waals surface area contributed by atoms with E-state index in [1.165, 1.54) is 5.56 Å². The number of hydrogen-bond donors (Lipinski definition) is 0. The molecule has 0 fully saturated rings. The van der Waals surface area contributed by atoms with Gasteiger partial charge in [0.2, 0.25) is 0 Å². The van der Waals surface area contributed by atoms with E-state index in [2.05, 4.69) is 116 Å². The molecule has 6 aromatic carbocycles. The minimum Gasteiger partial charge on any atom is -0.494 e. The van der Waals surface area contributed by atoms with Gasteiger partial charge in [0.1, 0.15) is 36.2 Å². The molecule has 480 valence electrons. The zero-order valence-corrected chi connectivity index (χ0v) is 53.7. The standard InChI is InChI=1S/C81H73N7O8/c1-55-9-27-66(28-10-55)94-49-47-91-45-43-89-41-42-90-44-46-92-48-50-95-68-31-20-59(21-32-68)70-35-22-62-17-18-63-24-37-72(88-81(63)80(62)86-70)69-52-64-25-38-77(69)96-40-4-6-58-14-34-74(83-54-58)76-8-2-7-75(85-76)73-33-13-57(53-82-73)5-3-39-93-67-29-11-56(12-30-67)51-65-26-19-60-15-16-61-23-36-71(64)87-79(61)78(60)84-65/h2,7-38,52-54H,3-6,39-51H2,1H3. The van der Waals surface area contributed by atoms with E-state index in [1.807, 2.05) is 109 Å². The lowest BCUT2D eigenvalue weighted by Crippen LogP contribution is -2.14. The summed E-state index contributed by atoms with van der Waals surface area (Å²) in [5.74, 6) is 3.14. The number of aromatic nitrogens is 7. The zero-order valence-electron chi connectivity index (χ0n) is 53.7. The number of fused-ring (bicyclic) bond motifs is 3. The van der Waals surface area contributed by atoms with E-state index in [1.54, 1.807) is 0 Å². The average molecular weight is 1270 g/mol. The molecule has 16 heterocycles. The molecule has 14 bridgehead atoms. The highest BCUT2D eigenvalue weighted by atomic mass is 16.6. The molecule has 0 spiro atoms. The van der Waals surface area contributed by atoms with Gasteiger partial charge in [0, 0.05) is 62.7 Å². The van der Waals surface area contributed by atoms with Gasteiger partial charge in [-0.2, -0.15) is 0 Å². The van der Waals surface area contributed by atoms with Crippen molar-refractivity contribution in [1.29, 1.82) is 0 Å². The van der Waals surface area contributed by atoms with Crippen molar-refractivity contribution in [2.45, 2.75) is 39.0 Å². The Bertz CT molecular complexity index is 4770. The van der Waals surface area contributed by atoms with Crippen LogP contribution in [0.25, 0.3) is 100 Å². The zero-order chi connectivity index (χ0) is 64.7. The Balaban J connectivity index is 0.665. The first kappa shape index (κ1) is 62.9. The maximum atomic E-state index is 6.78.